The molecule has 0 aromatic heterocycles. The summed E-state index contributed by atoms with van der Waals surface area (Å²) in [6, 6.07) is 17.2. The van der Waals surface area contributed by atoms with Crippen molar-refractivity contribution in [3.05, 3.63) is 71.2 Å². The number of halogens is 1. The largest absolute Gasteiger partial charge is 0.496 e. The normalized spacial score (nSPS) is 11.9. The highest BCUT2D eigenvalue weighted by Gasteiger charge is 2.13. The summed E-state index contributed by atoms with van der Waals surface area (Å²) < 4.78 is 33.9. The van der Waals surface area contributed by atoms with Gasteiger partial charge in [0, 0.05) is 10.6 Å². The van der Waals surface area contributed by atoms with Gasteiger partial charge in [-0.15, -0.1) is 0 Å². The average Bonchev–Trinajstić information content (AvgIpc) is 2.60. The molecule has 0 aliphatic carbocycles. The average molecular weight is 360 g/mol. The van der Waals surface area contributed by atoms with Gasteiger partial charge < -0.3 is 4.74 Å². The van der Waals surface area contributed by atoms with Crippen LogP contribution in [0.1, 0.15) is 5.56 Å². The van der Waals surface area contributed by atoms with Gasteiger partial charge in [-0.2, -0.15) is 12.8 Å². The molecule has 122 valence electrons. The zero-order chi connectivity index (χ0) is 17.2. The van der Waals surface area contributed by atoms with Gasteiger partial charge in [-0.1, -0.05) is 41.9 Å². The Morgan fingerprint density at radius 1 is 1.00 bits per heavy atom. The predicted octanol–water partition coefficient (Wildman–Crippen LogP) is 4.31. The van der Waals surface area contributed by atoms with Crippen LogP contribution in [0.3, 0.4) is 0 Å². The number of rotatable bonds is 4. The minimum absolute atomic E-state index is 0.0855. The quantitative estimate of drug-likeness (QED) is 0.652. The Morgan fingerprint density at radius 3 is 2.42 bits per heavy atom. The van der Waals surface area contributed by atoms with Crippen LogP contribution in [0, 0.1) is 0 Å². The highest BCUT2D eigenvalue weighted by molar-refractivity contribution is 7.90. The van der Waals surface area contributed by atoms with Gasteiger partial charge in [0.1, 0.15) is 5.75 Å². The molecule has 3 aromatic rings. The summed E-state index contributed by atoms with van der Waals surface area (Å²) in [6.07, 6.45) is 1.32. The van der Waals surface area contributed by atoms with Crippen molar-refractivity contribution < 1.29 is 13.2 Å². The maximum atomic E-state index is 12.4. The lowest BCUT2D eigenvalue weighted by molar-refractivity contribution is 0.415. The lowest BCUT2D eigenvalue weighted by Crippen LogP contribution is -1.99. The van der Waals surface area contributed by atoms with Gasteiger partial charge in [-0.25, -0.2) is 0 Å². The minimum Gasteiger partial charge on any atom is -0.496 e. The van der Waals surface area contributed by atoms with E-state index in [0.717, 1.165) is 10.8 Å². The molecule has 6 heteroatoms. The molecule has 0 N–H and O–H groups in total. The number of fused-ring (bicyclic) bond motifs is 1. The van der Waals surface area contributed by atoms with Gasteiger partial charge in [0.2, 0.25) is 0 Å². The van der Waals surface area contributed by atoms with Gasteiger partial charge in [-0.05, 0) is 41.1 Å². The summed E-state index contributed by atoms with van der Waals surface area (Å²) in [4.78, 5) is 0.0855. The van der Waals surface area contributed by atoms with Crippen molar-refractivity contribution in [1.29, 1.82) is 0 Å². The van der Waals surface area contributed by atoms with Crippen molar-refractivity contribution in [3.8, 4) is 5.75 Å². The maximum absolute atomic E-state index is 12.4. The van der Waals surface area contributed by atoms with Crippen LogP contribution in [0.4, 0.5) is 0 Å². The molecular weight excluding hydrogens is 346 g/mol. The molecule has 3 rings (SSSR count). The molecule has 0 saturated heterocycles. The van der Waals surface area contributed by atoms with E-state index in [4.69, 9.17) is 16.3 Å². The molecule has 0 amide bonds. The molecule has 0 heterocycles. The second kappa shape index (κ2) is 6.63. The van der Waals surface area contributed by atoms with Crippen molar-refractivity contribution in [1.82, 2.24) is 0 Å². The monoisotopic (exact) mass is 359 g/mol. The van der Waals surface area contributed by atoms with Crippen LogP contribution in [0.15, 0.2) is 70.0 Å². The molecule has 0 saturated carbocycles. The third-order valence-electron chi connectivity index (χ3n) is 3.58. The summed E-state index contributed by atoms with van der Waals surface area (Å²) in [7, 11) is -2.28. The van der Waals surface area contributed by atoms with E-state index in [1.54, 1.807) is 6.07 Å². The third kappa shape index (κ3) is 3.27. The standard InChI is InChI=1S/C18H14ClNO3S/c1-23-18-11-6-13-4-2-3-5-16(13)17(18)12-20-24(21,22)15-9-7-14(19)8-10-15/h2-12H,1H3. The SMILES string of the molecule is COc1ccc2ccccc2c1C=NS(=O)(=O)c1ccc(Cl)cc1. The van der Waals surface area contributed by atoms with Crippen molar-refractivity contribution in [2.75, 3.05) is 7.11 Å². The fraction of sp³-hybridized carbons (Fsp3) is 0.0556. The van der Waals surface area contributed by atoms with Gasteiger partial charge in [0.25, 0.3) is 10.0 Å². The summed E-state index contributed by atoms with van der Waals surface area (Å²) in [5, 5.41) is 2.31. The fourth-order valence-corrected chi connectivity index (χ4v) is 3.35. The summed E-state index contributed by atoms with van der Waals surface area (Å²) >= 11 is 5.79. The molecule has 0 aliphatic heterocycles. The Bertz CT molecular complexity index is 1010. The van der Waals surface area contributed by atoms with Gasteiger partial charge in [-0.3, -0.25) is 0 Å². The number of ether oxygens (including phenoxy) is 1. The molecule has 3 aromatic carbocycles. The second-order valence-corrected chi connectivity index (χ2v) is 7.13. The summed E-state index contributed by atoms with van der Waals surface area (Å²) in [5.41, 5.74) is 0.619. The molecule has 0 spiro atoms. The van der Waals surface area contributed by atoms with E-state index >= 15 is 0 Å². The number of nitrogens with zero attached hydrogens (tertiary/aromatic N) is 1. The lowest BCUT2D eigenvalue weighted by atomic mass is 10.0. The first-order valence-electron chi connectivity index (χ1n) is 7.13. The number of methoxy groups -OCH3 is 1. The van der Waals surface area contributed by atoms with Crippen molar-refractivity contribution in [2.45, 2.75) is 4.90 Å². The van der Waals surface area contributed by atoms with E-state index < -0.39 is 10.0 Å². The minimum atomic E-state index is -3.81. The first-order chi connectivity index (χ1) is 11.5. The molecule has 0 radical (unpaired) electrons. The fourth-order valence-electron chi connectivity index (χ4n) is 2.38. The summed E-state index contributed by atoms with van der Waals surface area (Å²) in [5.74, 6) is 0.559. The second-order valence-electron chi connectivity index (χ2n) is 5.07. The third-order valence-corrected chi connectivity index (χ3v) is 5.09. The number of hydrogen-bond donors (Lipinski definition) is 0. The highest BCUT2D eigenvalue weighted by atomic mass is 35.5. The molecule has 0 fully saturated rings. The molecule has 4 nitrogen and oxygen atoms in total. The zero-order valence-corrected chi connectivity index (χ0v) is 14.4. The Labute approximate surface area is 145 Å². The van der Waals surface area contributed by atoms with Crippen molar-refractivity contribution in [2.24, 2.45) is 4.40 Å². The van der Waals surface area contributed by atoms with Crippen LogP contribution >= 0.6 is 11.6 Å². The van der Waals surface area contributed by atoms with Crippen LogP contribution in [0.5, 0.6) is 5.75 Å². The van der Waals surface area contributed by atoms with Gasteiger partial charge in [0.15, 0.2) is 0 Å². The number of hydrogen-bond acceptors (Lipinski definition) is 3. The van der Waals surface area contributed by atoms with E-state index in [9.17, 15) is 8.42 Å². The molecule has 0 bridgehead atoms. The molecule has 0 atom stereocenters. The summed E-state index contributed by atoms with van der Waals surface area (Å²) in [6.45, 7) is 0. The smallest absolute Gasteiger partial charge is 0.282 e. The van der Waals surface area contributed by atoms with Crippen molar-refractivity contribution in [3.63, 3.8) is 0 Å². The van der Waals surface area contributed by atoms with Crippen molar-refractivity contribution >= 4 is 38.6 Å². The van der Waals surface area contributed by atoms with E-state index in [-0.39, 0.29) is 4.90 Å². The first kappa shape index (κ1) is 16.5. The van der Waals surface area contributed by atoms with Crippen LogP contribution in [0.2, 0.25) is 5.02 Å². The van der Waals surface area contributed by atoms with E-state index in [2.05, 4.69) is 4.40 Å². The Hall–Kier alpha value is -2.37. The molecule has 24 heavy (non-hydrogen) atoms. The van der Waals surface area contributed by atoms with Crippen LogP contribution in [-0.2, 0) is 10.0 Å². The molecule has 0 unspecified atom stereocenters. The van der Waals surface area contributed by atoms with Gasteiger partial charge >= 0.3 is 0 Å². The van der Waals surface area contributed by atoms with Crippen LogP contribution in [-0.4, -0.2) is 21.7 Å². The lowest BCUT2D eigenvalue weighted by Gasteiger charge is -2.08. The van der Waals surface area contributed by atoms with Crippen LogP contribution < -0.4 is 4.74 Å². The number of benzene rings is 3. The Morgan fingerprint density at radius 2 is 1.71 bits per heavy atom. The Kier molecular flexibility index (Phi) is 4.55. The van der Waals surface area contributed by atoms with Crippen LogP contribution in [0.25, 0.3) is 10.8 Å². The maximum Gasteiger partial charge on any atom is 0.282 e. The molecule has 0 aliphatic rings. The van der Waals surface area contributed by atoms with E-state index in [1.807, 2.05) is 30.3 Å². The van der Waals surface area contributed by atoms with E-state index in [0.29, 0.717) is 16.3 Å². The topological polar surface area (TPSA) is 55.7 Å². The Balaban J connectivity index is 2.08. The zero-order valence-electron chi connectivity index (χ0n) is 12.8. The van der Waals surface area contributed by atoms with E-state index in [1.165, 1.54) is 37.6 Å². The first-order valence-corrected chi connectivity index (χ1v) is 8.95. The number of sulfonamides is 1. The molecular formula is C18H14ClNO3S. The predicted molar refractivity (Wildman–Crippen MR) is 96.7 cm³/mol. The highest BCUT2D eigenvalue weighted by Crippen LogP contribution is 2.27. The van der Waals surface area contributed by atoms with Gasteiger partial charge in [0.05, 0.1) is 18.2 Å².